The standard InChI is InChI=1S/C16H18FNO3S.C14H19BFNO4S.C14H19BFNO2S.C13H16FNO3S.C9H18BNO3.C7H5F3O2.ClH/c1-3-10-18-11-8-16(9-12-18,13(2)19)22(20,21)15-6-4-14(17)5-7-15;1-11(18)14(7-9-17(10-8-14)15(2)19)22(20,21)13-5-3-12(16)4-6-13;1-11(18)14(7-9-17(10-8-14)15(2)19)20-13-5-3-12(16)4-6-13;1-10(16)13(6-8-15-9-7-13)19(17,18)12-4-2-11(14)3-5-12;1-3-14-9(12)8-4-6-11(7-5-8)10(2)13;8-7(9,10)12-6-3-1-5(11)2-4-6;/h1,4-7H,8-12H2,2H3;3-6,19H,7-10H2,1-2H3;3-6,19H,7-10H2,1-2H3;2-5,15H,6-9H2,1H3;8,13H,3-7H2,1-2H3;1-4,11H;1H. The van der Waals surface area contributed by atoms with Crippen LogP contribution in [0.4, 0.5) is 30.7 Å². The topological polar surface area (TPSA) is 312 Å². The lowest BCUT2D eigenvalue weighted by Gasteiger charge is -2.40. The van der Waals surface area contributed by atoms with Crippen molar-refractivity contribution in [3.05, 3.63) is 145 Å². The van der Waals surface area contributed by atoms with Gasteiger partial charge in [0.05, 0.1) is 38.5 Å². The molecule has 5 aromatic rings. The van der Waals surface area contributed by atoms with E-state index in [0.717, 1.165) is 91.5 Å². The molecule has 10 rings (SSSR count). The molecular formula is C73H96B3ClF7N5O17S4. The lowest BCUT2D eigenvalue weighted by molar-refractivity contribution is -0.274. The fourth-order valence-corrected chi connectivity index (χ4v) is 20.6. The monoisotopic (exact) mass is 1640 g/mol. The number of aromatic hydroxyl groups is 1. The van der Waals surface area contributed by atoms with Crippen LogP contribution in [0.2, 0.25) is 20.5 Å². The van der Waals surface area contributed by atoms with Crippen LogP contribution in [0.15, 0.2) is 141 Å². The number of carbonyl (C=O) groups is 5. The molecule has 5 saturated heterocycles. The molecule has 0 unspecified atom stereocenters. The van der Waals surface area contributed by atoms with Gasteiger partial charge in [-0.3, -0.25) is 28.9 Å². The number of nitrogens with zero attached hydrogens (tertiary/aromatic N) is 4. The summed E-state index contributed by atoms with van der Waals surface area (Å²) in [6, 6.07) is 24.3. The molecule has 5 fully saturated rings. The summed E-state index contributed by atoms with van der Waals surface area (Å²) in [5.41, 5.74) is 0. The van der Waals surface area contributed by atoms with E-state index in [0.29, 0.717) is 78.4 Å². The highest BCUT2D eigenvalue weighted by molar-refractivity contribution is 8.01. The van der Waals surface area contributed by atoms with Crippen molar-refractivity contribution >= 4 is 104 Å². The van der Waals surface area contributed by atoms with E-state index in [2.05, 4.69) is 16.0 Å². The van der Waals surface area contributed by atoms with Crippen molar-refractivity contribution in [2.45, 2.75) is 164 Å². The van der Waals surface area contributed by atoms with Crippen LogP contribution < -0.4 is 10.1 Å². The summed E-state index contributed by atoms with van der Waals surface area (Å²) >= 11 is 1.52. The number of ketones is 4. The molecule has 0 aromatic heterocycles. The van der Waals surface area contributed by atoms with Crippen LogP contribution in [0.3, 0.4) is 0 Å². The molecule has 0 saturated carbocycles. The SMILES string of the molecule is C#CCN1CCC(C(C)=O)(S(=O)(=O)c2ccc(F)cc2)CC1.CB(O)N1CCC(C(C)=O)(S(=O)(=O)c2ccc(F)cc2)CC1.CB(O)N1CCC(Sc2ccc(F)cc2)(C(C)=O)CC1.CC(=O)C1(S(=O)(=O)c2ccc(F)cc2)CCNCC1.CCOC(=O)C1CCN(B(C)O)CC1.Cl.Oc1ccc(OC(F)(F)F)cc1. The molecule has 0 amide bonds. The van der Waals surface area contributed by atoms with Crippen molar-refractivity contribution in [2.75, 3.05) is 78.6 Å². The highest BCUT2D eigenvalue weighted by Crippen LogP contribution is 2.43. The molecule has 0 spiro atoms. The number of piperidine rings is 5. The summed E-state index contributed by atoms with van der Waals surface area (Å²) in [6.45, 7) is 18.8. The Morgan fingerprint density at radius 1 is 0.527 bits per heavy atom. The molecule has 5 aromatic carbocycles. The Labute approximate surface area is 651 Å². The van der Waals surface area contributed by atoms with Crippen LogP contribution in [0.25, 0.3) is 0 Å². The maximum atomic E-state index is 13.0. The normalized spacial score (nSPS) is 17.9. The molecule has 5 aliphatic rings. The maximum absolute atomic E-state index is 13.0. The molecule has 0 aliphatic carbocycles. The number of phenols is 1. The number of carbonyl (C=O) groups excluding carboxylic acids is 5. The van der Waals surface area contributed by atoms with E-state index in [9.17, 15) is 95.0 Å². The first-order chi connectivity index (χ1) is 51.0. The van der Waals surface area contributed by atoms with Crippen LogP contribution >= 0.6 is 24.2 Å². The minimum Gasteiger partial charge on any atom is -0.508 e. The van der Waals surface area contributed by atoms with Crippen LogP contribution in [0.5, 0.6) is 11.5 Å². The number of hydrogen-bond acceptors (Lipinski definition) is 23. The smallest absolute Gasteiger partial charge is 0.508 e. The van der Waals surface area contributed by atoms with E-state index in [1.807, 2.05) is 21.4 Å². The minimum atomic E-state index is -4.68. The fraction of sp³-hybridized carbons (Fsp3) is 0.493. The Kier molecular flexibility index (Phi) is 36.9. The summed E-state index contributed by atoms with van der Waals surface area (Å²) in [6.07, 6.45) is 4.72. The van der Waals surface area contributed by atoms with Crippen LogP contribution in [-0.4, -0.2) is 219 Å². The first-order valence-electron chi connectivity index (χ1n) is 35.3. The number of Topliss-reactive ketones (excluding diaryl/α,β-unsaturated/α-hetero) is 4. The van der Waals surface area contributed by atoms with Gasteiger partial charge in [-0.05, 0) is 293 Å². The van der Waals surface area contributed by atoms with Gasteiger partial charge in [0.1, 0.15) is 54.8 Å². The summed E-state index contributed by atoms with van der Waals surface area (Å²) < 4.78 is 167. The number of alkyl halides is 3. The average Bonchev–Trinajstić information content (AvgIpc) is 0.758. The highest BCUT2D eigenvalue weighted by Gasteiger charge is 2.53. The van der Waals surface area contributed by atoms with Gasteiger partial charge >= 0.3 is 33.5 Å². The molecule has 5 N–H and O–H groups in total. The van der Waals surface area contributed by atoms with Gasteiger partial charge in [-0.1, -0.05) is 5.92 Å². The zero-order valence-corrected chi connectivity index (χ0v) is 66.6. The predicted octanol–water partition coefficient (Wildman–Crippen LogP) is 9.64. The minimum absolute atomic E-state index is 0. The van der Waals surface area contributed by atoms with Gasteiger partial charge in [0.2, 0.25) is 0 Å². The first-order valence-corrected chi connectivity index (χ1v) is 40.6. The van der Waals surface area contributed by atoms with E-state index in [4.69, 9.17) is 16.3 Å². The van der Waals surface area contributed by atoms with Crippen molar-refractivity contribution in [2.24, 2.45) is 5.92 Å². The van der Waals surface area contributed by atoms with E-state index in [1.165, 1.54) is 81.1 Å². The first kappa shape index (κ1) is 95.7. The molecule has 604 valence electrons. The van der Waals surface area contributed by atoms with E-state index < -0.39 is 99.2 Å². The Balaban J connectivity index is 0.000000281. The Bertz CT molecular complexity index is 4200. The predicted molar refractivity (Wildman–Crippen MR) is 409 cm³/mol. The molecule has 37 heteroatoms. The number of likely N-dealkylation sites (tertiary alicyclic amines) is 1. The second-order valence-electron chi connectivity index (χ2n) is 26.9. The number of sulfone groups is 3. The number of ether oxygens (including phenoxy) is 2. The summed E-state index contributed by atoms with van der Waals surface area (Å²) in [4.78, 5) is 68.2. The lowest BCUT2D eigenvalue weighted by Crippen LogP contribution is -2.56. The van der Waals surface area contributed by atoms with E-state index >= 15 is 0 Å². The maximum Gasteiger partial charge on any atom is 0.573 e. The number of thioether (sulfide) groups is 1. The van der Waals surface area contributed by atoms with Gasteiger partial charge in [0.25, 0.3) is 0 Å². The number of hydrogen-bond donors (Lipinski definition) is 5. The number of esters is 1. The number of terminal acetylenes is 1. The van der Waals surface area contributed by atoms with Gasteiger partial charge < -0.3 is 49.4 Å². The quantitative estimate of drug-likeness (QED) is 0.0169. The third-order valence-electron chi connectivity index (χ3n) is 20.0. The summed E-state index contributed by atoms with van der Waals surface area (Å²) in [7, 11) is -13.1. The van der Waals surface area contributed by atoms with Crippen molar-refractivity contribution < 1.29 is 110 Å². The molecular weight excluding hydrogens is 1550 g/mol. The van der Waals surface area contributed by atoms with Crippen molar-refractivity contribution in [1.29, 1.82) is 0 Å². The lowest BCUT2D eigenvalue weighted by atomic mass is 9.80. The summed E-state index contributed by atoms with van der Waals surface area (Å²) in [5, 5.41) is 40.3. The third kappa shape index (κ3) is 25.4. The summed E-state index contributed by atoms with van der Waals surface area (Å²) in [5.74, 6) is -0.787. The molecule has 110 heavy (non-hydrogen) atoms. The van der Waals surface area contributed by atoms with Crippen LogP contribution in [0, 0.1) is 41.5 Å². The Hall–Kier alpha value is -6.72. The molecule has 5 heterocycles. The highest BCUT2D eigenvalue weighted by atomic mass is 35.5. The second-order valence-corrected chi connectivity index (χ2v) is 35.2. The fourth-order valence-electron chi connectivity index (χ4n) is 13.2. The van der Waals surface area contributed by atoms with Gasteiger partial charge in [0, 0.05) is 18.0 Å². The number of nitrogens with one attached hydrogen (secondary N) is 1. The second kappa shape index (κ2) is 42.4. The van der Waals surface area contributed by atoms with Crippen LogP contribution in [-0.2, 0) is 58.2 Å². The molecule has 0 radical (unpaired) electrons. The van der Waals surface area contributed by atoms with Crippen LogP contribution in [0.1, 0.15) is 98.8 Å². The number of halogens is 8. The van der Waals surface area contributed by atoms with Crippen molar-refractivity contribution in [3.63, 3.8) is 0 Å². The molecule has 0 atom stereocenters. The van der Waals surface area contributed by atoms with Crippen molar-refractivity contribution in [3.8, 4) is 23.8 Å². The Morgan fingerprint density at radius 2 is 0.855 bits per heavy atom. The zero-order valence-electron chi connectivity index (χ0n) is 62.6. The molecule has 22 nitrogen and oxygen atoms in total. The van der Waals surface area contributed by atoms with E-state index in [1.54, 1.807) is 44.3 Å². The molecule has 0 bridgehead atoms. The third-order valence-corrected chi connectivity index (χ3v) is 29.5. The zero-order chi connectivity index (χ0) is 81.5. The average molecular weight is 1640 g/mol. The van der Waals surface area contributed by atoms with Gasteiger partial charge in [0.15, 0.2) is 46.9 Å². The van der Waals surface area contributed by atoms with Gasteiger partial charge in [-0.15, -0.1) is 43.8 Å². The largest absolute Gasteiger partial charge is 0.573 e. The van der Waals surface area contributed by atoms with Gasteiger partial charge in [-0.25, -0.2) is 42.8 Å². The molecule has 5 aliphatic heterocycles. The Morgan fingerprint density at radius 3 is 1.17 bits per heavy atom. The number of benzene rings is 5. The van der Waals surface area contributed by atoms with E-state index in [-0.39, 0.29) is 112 Å². The number of phenolic OH excluding ortho intramolecular Hbond substituents is 1. The van der Waals surface area contributed by atoms with Crippen molar-refractivity contribution in [1.82, 2.24) is 24.6 Å². The number of rotatable bonds is 19. The van der Waals surface area contributed by atoms with Gasteiger partial charge in [-0.2, -0.15) is 0 Å².